The van der Waals surface area contributed by atoms with Crippen LogP contribution in [0.3, 0.4) is 0 Å². The van der Waals surface area contributed by atoms with Crippen LogP contribution in [-0.2, 0) is 18.3 Å². The van der Waals surface area contributed by atoms with E-state index in [1.54, 1.807) is 16.9 Å². The van der Waals surface area contributed by atoms with E-state index in [4.69, 9.17) is 9.47 Å². The second kappa shape index (κ2) is 8.66. The molecule has 0 aliphatic heterocycles. The first kappa shape index (κ1) is 18.9. The van der Waals surface area contributed by atoms with Crippen LogP contribution in [0.4, 0.5) is 8.78 Å². The number of carbonyl (C=O) groups excluding carboxylic acids is 1. The first-order valence-electron chi connectivity index (χ1n) is 8.69. The topological polar surface area (TPSA) is 69.1 Å². The lowest BCUT2D eigenvalue weighted by Gasteiger charge is -2.07. The van der Waals surface area contributed by atoms with E-state index in [0.29, 0.717) is 37.7 Å². The van der Waals surface area contributed by atoms with Crippen molar-refractivity contribution in [1.29, 1.82) is 0 Å². The third-order valence-corrected chi connectivity index (χ3v) is 4.14. The maximum Gasteiger partial charge on any atom is 0.295 e. The Morgan fingerprint density at radius 3 is 2.81 bits per heavy atom. The predicted octanol–water partition coefficient (Wildman–Crippen LogP) is 3.52. The minimum Gasteiger partial charge on any atom is -0.490 e. The Hall–Kier alpha value is -2.90. The number of halogens is 2. The Balaban J connectivity index is 1.53. The smallest absolute Gasteiger partial charge is 0.295 e. The largest absolute Gasteiger partial charge is 0.490 e. The Labute approximate surface area is 155 Å². The Morgan fingerprint density at radius 1 is 1.26 bits per heavy atom. The molecule has 0 unspecified atom stereocenters. The second-order valence-corrected chi connectivity index (χ2v) is 6.17. The average Bonchev–Trinajstić information content (AvgIpc) is 3.24. The number of hydrogen-bond acceptors (Lipinski definition) is 4. The molecule has 0 atom stereocenters. The summed E-state index contributed by atoms with van der Waals surface area (Å²) in [6.45, 7) is 0.732. The van der Waals surface area contributed by atoms with E-state index in [2.05, 4.69) is 10.1 Å². The number of aryl methyl sites for hydroxylation is 2. The van der Waals surface area contributed by atoms with Gasteiger partial charge in [-0.25, -0.2) is 8.78 Å². The molecule has 1 aromatic carbocycles. The fourth-order valence-corrected chi connectivity index (χ4v) is 2.79. The Bertz CT molecular complexity index is 905. The third-order valence-electron chi connectivity index (χ3n) is 4.14. The average molecular weight is 377 g/mol. The summed E-state index contributed by atoms with van der Waals surface area (Å²) in [4.78, 5) is 14.2. The van der Waals surface area contributed by atoms with Crippen LogP contribution < -0.4 is 9.47 Å². The van der Waals surface area contributed by atoms with Gasteiger partial charge in [-0.15, -0.1) is 5.10 Å². The number of fused-ring (bicyclic) bond motifs is 1. The summed E-state index contributed by atoms with van der Waals surface area (Å²) in [5.41, 5.74) is 1.91. The number of rotatable bonds is 10. The van der Waals surface area contributed by atoms with Crippen LogP contribution in [-0.4, -0.2) is 40.2 Å². The molecule has 0 saturated carbocycles. The molecule has 0 saturated heterocycles. The lowest BCUT2D eigenvalue weighted by atomic mass is 10.1. The van der Waals surface area contributed by atoms with Crippen LogP contribution in [0.5, 0.6) is 11.6 Å². The second-order valence-electron chi connectivity index (χ2n) is 6.17. The highest BCUT2D eigenvalue weighted by atomic mass is 19.3. The predicted molar refractivity (Wildman–Crippen MR) is 96.4 cm³/mol. The van der Waals surface area contributed by atoms with Gasteiger partial charge in [0.1, 0.15) is 19.0 Å². The van der Waals surface area contributed by atoms with Crippen LogP contribution in [0.15, 0.2) is 36.7 Å². The molecule has 3 rings (SSSR count). The molecule has 6 nitrogen and oxygen atoms in total. The lowest BCUT2D eigenvalue weighted by Crippen LogP contribution is -2.09. The molecule has 0 aliphatic rings. The summed E-state index contributed by atoms with van der Waals surface area (Å²) in [7, 11) is 1.82. The number of ether oxygens (including phenoxy) is 2. The van der Waals surface area contributed by atoms with Gasteiger partial charge in [0.2, 0.25) is 5.88 Å². The van der Waals surface area contributed by atoms with Gasteiger partial charge in [0.05, 0.1) is 0 Å². The highest BCUT2D eigenvalue weighted by Gasteiger charge is 2.15. The standard InChI is InChI=1S/C19H21F2N3O3/c1-24-8-7-18(23-24)27-10-9-26-14-5-6-16-15(11-14)13(12-22-16)3-2-4-17(25)19(20)21/h5-8,11-12,19,22H,2-4,9-10H2,1H3. The lowest BCUT2D eigenvalue weighted by molar-refractivity contribution is -0.129. The quantitative estimate of drug-likeness (QED) is 0.549. The van der Waals surface area contributed by atoms with Gasteiger partial charge in [0, 0.05) is 42.8 Å². The Morgan fingerprint density at radius 2 is 2.07 bits per heavy atom. The van der Waals surface area contributed by atoms with Crippen molar-refractivity contribution in [2.24, 2.45) is 7.05 Å². The van der Waals surface area contributed by atoms with Crippen molar-refractivity contribution in [2.45, 2.75) is 25.7 Å². The molecule has 3 aromatic rings. The summed E-state index contributed by atoms with van der Waals surface area (Å²) in [6.07, 6.45) is 1.56. The number of nitrogens with zero attached hydrogens (tertiary/aromatic N) is 2. The van der Waals surface area contributed by atoms with E-state index < -0.39 is 12.2 Å². The van der Waals surface area contributed by atoms with Gasteiger partial charge >= 0.3 is 0 Å². The molecule has 2 heterocycles. The van der Waals surface area contributed by atoms with Crippen LogP contribution >= 0.6 is 0 Å². The molecule has 144 valence electrons. The van der Waals surface area contributed by atoms with E-state index in [9.17, 15) is 13.6 Å². The van der Waals surface area contributed by atoms with Gasteiger partial charge in [0.25, 0.3) is 6.43 Å². The van der Waals surface area contributed by atoms with Crippen LogP contribution in [0.1, 0.15) is 18.4 Å². The molecule has 1 N–H and O–H groups in total. The molecule has 2 aromatic heterocycles. The van der Waals surface area contributed by atoms with E-state index in [0.717, 1.165) is 16.5 Å². The van der Waals surface area contributed by atoms with Gasteiger partial charge in [0.15, 0.2) is 5.78 Å². The van der Waals surface area contributed by atoms with Crippen molar-refractivity contribution in [2.75, 3.05) is 13.2 Å². The molecule has 0 aliphatic carbocycles. The van der Waals surface area contributed by atoms with E-state index in [-0.39, 0.29) is 6.42 Å². The van der Waals surface area contributed by atoms with Crippen molar-refractivity contribution in [1.82, 2.24) is 14.8 Å². The SMILES string of the molecule is Cn1ccc(OCCOc2ccc3[nH]cc(CCCC(=O)C(F)F)c3c2)n1. The summed E-state index contributed by atoms with van der Waals surface area (Å²) in [5, 5.41) is 5.08. The van der Waals surface area contributed by atoms with Crippen molar-refractivity contribution in [3.8, 4) is 11.6 Å². The molecule has 27 heavy (non-hydrogen) atoms. The van der Waals surface area contributed by atoms with Crippen molar-refractivity contribution in [3.05, 3.63) is 42.2 Å². The molecule has 0 spiro atoms. The number of aromatic nitrogens is 3. The minimum atomic E-state index is -2.89. The number of carbonyl (C=O) groups is 1. The molecule has 0 radical (unpaired) electrons. The number of ketones is 1. The van der Waals surface area contributed by atoms with Crippen molar-refractivity contribution < 1.29 is 23.0 Å². The van der Waals surface area contributed by atoms with Gasteiger partial charge in [-0.3, -0.25) is 9.48 Å². The summed E-state index contributed by atoms with van der Waals surface area (Å²) in [5.74, 6) is 0.228. The fraction of sp³-hybridized carbons (Fsp3) is 0.368. The van der Waals surface area contributed by atoms with Crippen LogP contribution in [0.25, 0.3) is 10.9 Å². The van der Waals surface area contributed by atoms with Crippen LogP contribution in [0, 0.1) is 0 Å². The zero-order chi connectivity index (χ0) is 19.2. The summed E-state index contributed by atoms with van der Waals surface area (Å²) < 4.78 is 37.4. The Kier molecular flexibility index (Phi) is 6.05. The first-order valence-corrected chi connectivity index (χ1v) is 8.69. The number of aromatic amines is 1. The number of benzene rings is 1. The monoisotopic (exact) mass is 377 g/mol. The summed E-state index contributed by atoms with van der Waals surface area (Å²) >= 11 is 0. The maximum absolute atomic E-state index is 12.3. The normalized spacial score (nSPS) is 11.3. The molecular formula is C19H21F2N3O3. The van der Waals surface area contributed by atoms with E-state index in [1.165, 1.54) is 0 Å². The number of alkyl halides is 2. The van der Waals surface area contributed by atoms with E-state index >= 15 is 0 Å². The minimum absolute atomic E-state index is 0.120. The number of H-pyrrole nitrogens is 1. The van der Waals surface area contributed by atoms with Crippen molar-refractivity contribution >= 4 is 16.7 Å². The summed E-state index contributed by atoms with van der Waals surface area (Å²) in [6, 6.07) is 7.43. The first-order chi connectivity index (χ1) is 13.0. The molecule has 0 amide bonds. The number of Topliss-reactive ketones (excluding diaryl/α,β-unsaturated/α-hetero) is 1. The van der Waals surface area contributed by atoms with Gasteiger partial charge in [-0.2, -0.15) is 0 Å². The van der Waals surface area contributed by atoms with Gasteiger partial charge in [-0.05, 0) is 36.6 Å². The van der Waals surface area contributed by atoms with Gasteiger partial charge < -0.3 is 14.5 Å². The highest BCUT2D eigenvalue weighted by Crippen LogP contribution is 2.25. The van der Waals surface area contributed by atoms with Crippen molar-refractivity contribution in [3.63, 3.8) is 0 Å². The van der Waals surface area contributed by atoms with E-state index in [1.807, 2.05) is 31.4 Å². The number of nitrogens with one attached hydrogen (secondary N) is 1. The van der Waals surface area contributed by atoms with Gasteiger partial charge in [-0.1, -0.05) is 0 Å². The molecule has 0 bridgehead atoms. The zero-order valence-corrected chi connectivity index (χ0v) is 15.0. The molecule has 0 fully saturated rings. The fourth-order valence-electron chi connectivity index (χ4n) is 2.79. The highest BCUT2D eigenvalue weighted by molar-refractivity contribution is 5.85. The zero-order valence-electron chi connectivity index (χ0n) is 15.0. The molecular weight excluding hydrogens is 356 g/mol. The van der Waals surface area contributed by atoms with Crippen LogP contribution in [0.2, 0.25) is 0 Å². The maximum atomic E-state index is 12.3. The molecule has 8 heteroatoms. The third kappa shape index (κ3) is 5.06. The number of hydrogen-bond donors (Lipinski definition) is 1.